The first-order valence-electron chi connectivity index (χ1n) is 5.84. The Morgan fingerprint density at radius 1 is 1.35 bits per heavy atom. The molecule has 0 aliphatic heterocycles. The van der Waals surface area contributed by atoms with E-state index in [9.17, 15) is 0 Å². The summed E-state index contributed by atoms with van der Waals surface area (Å²) in [5, 5.41) is 8.13. The summed E-state index contributed by atoms with van der Waals surface area (Å²) in [6, 6.07) is 5.71. The first-order valence-corrected chi connectivity index (χ1v) is 7.09. The Balaban J connectivity index is 1.82. The van der Waals surface area contributed by atoms with E-state index < -0.39 is 0 Å². The molecule has 20 heavy (non-hydrogen) atoms. The number of rotatable bonds is 3. The minimum atomic E-state index is 0.439. The molecule has 0 bridgehead atoms. The van der Waals surface area contributed by atoms with Crippen LogP contribution in [0, 0.1) is 6.92 Å². The van der Waals surface area contributed by atoms with E-state index >= 15 is 0 Å². The number of aryl methyl sites for hydroxylation is 1. The highest BCUT2D eigenvalue weighted by atomic mass is 35.5. The Kier molecular flexibility index (Phi) is 3.58. The van der Waals surface area contributed by atoms with Crippen molar-refractivity contribution in [1.29, 1.82) is 0 Å². The Bertz CT molecular complexity index is 783. The molecule has 7 heteroatoms. The number of hydrogen-bond acceptors (Lipinski definition) is 6. The largest absolute Gasteiger partial charge is 0.253 e. The summed E-state index contributed by atoms with van der Waals surface area (Å²) in [6.45, 7) is 1.94. The lowest BCUT2D eigenvalue weighted by Crippen LogP contribution is -1.91. The minimum absolute atomic E-state index is 0.439. The number of hydrazone groups is 1. The predicted octanol–water partition coefficient (Wildman–Crippen LogP) is 3.49. The monoisotopic (exact) mass is 303 g/mol. The highest BCUT2D eigenvalue weighted by Crippen LogP contribution is 2.20. The van der Waals surface area contributed by atoms with E-state index in [-0.39, 0.29) is 0 Å². The number of anilines is 1. The fourth-order valence-electron chi connectivity index (χ4n) is 1.69. The van der Waals surface area contributed by atoms with Gasteiger partial charge in [-0.3, -0.25) is 5.43 Å². The molecule has 0 radical (unpaired) electrons. The van der Waals surface area contributed by atoms with Gasteiger partial charge < -0.3 is 0 Å². The van der Waals surface area contributed by atoms with Crippen LogP contribution in [-0.4, -0.2) is 21.2 Å². The maximum Gasteiger partial charge on any atom is 0.203 e. The van der Waals surface area contributed by atoms with Gasteiger partial charge >= 0.3 is 0 Å². The zero-order valence-corrected chi connectivity index (χ0v) is 12.1. The van der Waals surface area contributed by atoms with Gasteiger partial charge in [0.15, 0.2) is 0 Å². The molecule has 1 aromatic carbocycles. The van der Waals surface area contributed by atoms with Crippen molar-refractivity contribution in [2.24, 2.45) is 5.10 Å². The Labute approximate surface area is 124 Å². The van der Waals surface area contributed by atoms with Crippen LogP contribution in [0.15, 0.2) is 35.0 Å². The van der Waals surface area contributed by atoms with Gasteiger partial charge in [-0.15, -0.1) is 11.3 Å². The number of halogens is 1. The molecular weight excluding hydrogens is 294 g/mol. The average molecular weight is 304 g/mol. The van der Waals surface area contributed by atoms with Gasteiger partial charge in [0.2, 0.25) is 5.13 Å². The quantitative estimate of drug-likeness (QED) is 0.457. The zero-order valence-electron chi connectivity index (χ0n) is 10.5. The molecule has 0 aliphatic carbocycles. The number of fused-ring (bicyclic) bond motifs is 1. The second-order valence-corrected chi connectivity index (χ2v) is 5.32. The maximum atomic E-state index is 6.04. The van der Waals surface area contributed by atoms with E-state index in [0.29, 0.717) is 5.15 Å². The van der Waals surface area contributed by atoms with Crippen molar-refractivity contribution < 1.29 is 0 Å². The van der Waals surface area contributed by atoms with E-state index in [1.807, 2.05) is 30.5 Å². The third kappa shape index (κ3) is 2.76. The normalized spacial score (nSPS) is 11.3. The van der Waals surface area contributed by atoms with Crippen LogP contribution >= 0.6 is 22.9 Å². The van der Waals surface area contributed by atoms with Crippen molar-refractivity contribution in [1.82, 2.24) is 15.0 Å². The summed E-state index contributed by atoms with van der Waals surface area (Å²) in [5.41, 5.74) is 5.59. The molecule has 3 rings (SSSR count). The van der Waals surface area contributed by atoms with Crippen LogP contribution in [0.2, 0.25) is 5.15 Å². The van der Waals surface area contributed by atoms with Crippen molar-refractivity contribution in [2.75, 3.05) is 5.43 Å². The second kappa shape index (κ2) is 5.52. The highest BCUT2D eigenvalue weighted by Gasteiger charge is 2.01. The summed E-state index contributed by atoms with van der Waals surface area (Å²) in [4.78, 5) is 12.4. The van der Waals surface area contributed by atoms with E-state index in [4.69, 9.17) is 11.6 Å². The highest BCUT2D eigenvalue weighted by molar-refractivity contribution is 7.13. The molecule has 0 saturated carbocycles. The fourth-order valence-corrected chi connectivity index (χ4v) is 2.52. The Hall–Kier alpha value is -2.05. The molecule has 1 N–H and O–H groups in total. The molecule has 2 aromatic heterocycles. The number of nitrogens with zero attached hydrogens (tertiary/aromatic N) is 4. The van der Waals surface area contributed by atoms with Gasteiger partial charge in [0, 0.05) is 10.8 Å². The second-order valence-electron chi connectivity index (χ2n) is 4.11. The number of hydrogen-bond donors (Lipinski definition) is 1. The lowest BCUT2D eigenvalue weighted by Gasteiger charge is -2.00. The molecule has 0 saturated heterocycles. The van der Waals surface area contributed by atoms with E-state index in [2.05, 4.69) is 25.5 Å². The van der Waals surface area contributed by atoms with Crippen molar-refractivity contribution >= 4 is 45.2 Å². The lowest BCUT2D eigenvalue weighted by atomic mass is 10.2. The molecular formula is C13H10ClN5S. The standard InChI is InChI=1S/C13H10ClN5S/c1-8-6-20-13(18-8)19-17-5-9-2-3-11-10(4-9)12(14)16-7-15-11/h2-7H,1H3,(H,18,19). The predicted molar refractivity (Wildman–Crippen MR) is 82.6 cm³/mol. The van der Waals surface area contributed by atoms with Crippen LogP contribution < -0.4 is 5.43 Å². The third-order valence-corrected chi connectivity index (χ3v) is 3.77. The van der Waals surface area contributed by atoms with Gasteiger partial charge in [-0.25, -0.2) is 15.0 Å². The lowest BCUT2D eigenvalue weighted by molar-refractivity contribution is 1.22. The van der Waals surface area contributed by atoms with E-state index in [1.54, 1.807) is 6.21 Å². The summed E-state index contributed by atoms with van der Waals surface area (Å²) in [7, 11) is 0. The van der Waals surface area contributed by atoms with Gasteiger partial charge in [0.05, 0.1) is 17.4 Å². The summed E-state index contributed by atoms with van der Waals surface area (Å²) >= 11 is 7.55. The van der Waals surface area contributed by atoms with Crippen molar-refractivity contribution in [3.63, 3.8) is 0 Å². The van der Waals surface area contributed by atoms with Gasteiger partial charge in [-0.2, -0.15) is 5.10 Å². The van der Waals surface area contributed by atoms with Gasteiger partial charge in [0.1, 0.15) is 11.5 Å². The number of aromatic nitrogens is 3. The molecule has 0 unspecified atom stereocenters. The number of nitrogens with one attached hydrogen (secondary N) is 1. The fraction of sp³-hybridized carbons (Fsp3) is 0.0769. The summed E-state index contributed by atoms with van der Waals surface area (Å²) < 4.78 is 0. The smallest absolute Gasteiger partial charge is 0.203 e. The van der Waals surface area contributed by atoms with Crippen LogP contribution in [-0.2, 0) is 0 Å². The molecule has 2 heterocycles. The summed E-state index contributed by atoms with van der Waals surface area (Å²) in [6.07, 6.45) is 3.16. The Morgan fingerprint density at radius 2 is 2.25 bits per heavy atom. The van der Waals surface area contributed by atoms with Crippen LogP contribution in [0.4, 0.5) is 5.13 Å². The average Bonchev–Trinajstić information content (AvgIpc) is 2.85. The molecule has 3 aromatic rings. The van der Waals surface area contributed by atoms with Crippen molar-refractivity contribution in [3.8, 4) is 0 Å². The molecule has 0 fully saturated rings. The first-order chi connectivity index (χ1) is 9.72. The number of benzene rings is 1. The topological polar surface area (TPSA) is 63.1 Å². The molecule has 0 atom stereocenters. The molecule has 0 aliphatic rings. The third-order valence-electron chi connectivity index (χ3n) is 2.60. The van der Waals surface area contributed by atoms with Crippen molar-refractivity contribution in [2.45, 2.75) is 6.92 Å². The van der Waals surface area contributed by atoms with Crippen LogP contribution in [0.3, 0.4) is 0 Å². The van der Waals surface area contributed by atoms with Crippen LogP contribution in [0.5, 0.6) is 0 Å². The molecule has 5 nitrogen and oxygen atoms in total. The minimum Gasteiger partial charge on any atom is -0.253 e. The SMILES string of the molecule is Cc1csc(NN=Cc2ccc3ncnc(Cl)c3c2)n1. The summed E-state index contributed by atoms with van der Waals surface area (Å²) in [5.74, 6) is 0. The van der Waals surface area contributed by atoms with Gasteiger partial charge in [-0.05, 0) is 24.6 Å². The van der Waals surface area contributed by atoms with Gasteiger partial charge in [-0.1, -0.05) is 17.7 Å². The molecule has 100 valence electrons. The molecule has 0 amide bonds. The van der Waals surface area contributed by atoms with Crippen molar-refractivity contribution in [3.05, 3.63) is 46.3 Å². The maximum absolute atomic E-state index is 6.04. The van der Waals surface area contributed by atoms with Crippen LogP contribution in [0.25, 0.3) is 10.9 Å². The first kappa shape index (κ1) is 13.0. The van der Waals surface area contributed by atoms with Gasteiger partial charge in [0.25, 0.3) is 0 Å². The zero-order chi connectivity index (χ0) is 13.9. The molecule has 0 spiro atoms. The van der Waals surface area contributed by atoms with E-state index in [0.717, 1.165) is 27.3 Å². The van der Waals surface area contributed by atoms with Crippen LogP contribution in [0.1, 0.15) is 11.3 Å². The number of thiazole rings is 1. The van der Waals surface area contributed by atoms with E-state index in [1.165, 1.54) is 17.7 Å². The Morgan fingerprint density at radius 3 is 3.05 bits per heavy atom.